The van der Waals surface area contributed by atoms with Crippen LogP contribution in [0.2, 0.25) is 0 Å². The maximum atomic E-state index is 12.8. The molecule has 36 heavy (non-hydrogen) atoms. The largest absolute Gasteiger partial charge is 0.481 e. The molecule has 0 saturated carbocycles. The number of H-pyrrole nitrogens is 1. The summed E-state index contributed by atoms with van der Waals surface area (Å²) in [6.07, 6.45) is -0.233. The van der Waals surface area contributed by atoms with E-state index in [0.717, 1.165) is 0 Å². The lowest BCUT2D eigenvalue weighted by Gasteiger charge is -2.26. The van der Waals surface area contributed by atoms with Gasteiger partial charge in [0.2, 0.25) is 23.6 Å². The van der Waals surface area contributed by atoms with Gasteiger partial charge < -0.3 is 47.7 Å². The molecule has 5 unspecified atom stereocenters. The molecule has 0 bridgehead atoms. The Morgan fingerprint density at radius 3 is 2.08 bits per heavy atom. The Morgan fingerprint density at radius 2 is 1.58 bits per heavy atom. The number of aromatic amines is 1. The van der Waals surface area contributed by atoms with E-state index in [0.29, 0.717) is 5.69 Å². The van der Waals surface area contributed by atoms with E-state index >= 15 is 0 Å². The van der Waals surface area contributed by atoms with E-state index in [1.807, 2.05) is 0 Å². The van der Waals surface area contributed by atoms with Crippen LogP contribution in [0.5, 0.6) is 0 Å². The number of primary amides is 1. The van der Waals surface area contributed by atoms with Gasteiger partial charge in [-0.05, 0) is 19.8 Å². The van der Waals surface area contributed by atoms with Crippen LogP contribution in [0.25, 0.3) is 0 Å². The third-order valence-corrected chi connectivity index (χ3v) is 4.97. The summed E-state index contributed by atoms with van der Waals surface area (Å²) in [6.45, 7) is 1.20. The van der Waals surface area contributed by atoms with E-state index in [1.54, 1.807) is 0 Å². The van der Waals surface area contributed by atoms with Gasteiger partial charge >= 0.3 is 11.9 Å². The number of nitrogens with two attached hydrogens (primary N) is 2. The molecule has 16 nitrogen and oxygen atoms in total. The molecule has 0 aliphatic heterocycles. The number of aliphatic hydroxyl groups excluding tert-OH is 1. The van der Waals surface area contributed by atoms with E-state index in [9.17, 15) is 39.0 Å². The fourth-order valence-electron chi connectivity index (χ4n) is 3.01. The second-order valence-corrected chi connectivity index (χ2v) is 8.01. The number of nitrogens with one attached hydrogen (secondary N) is 4. The molecule has 5 atom stereocenters. The second kappa shape index (κ2) is 14.4. The minimum atomic E-state index is -1.59. The van der Waals surface area contributed by atoms with Crippen LogP contribution in [-0.2, 0) is 35.2 Å². The molecule has 0 aromatic carbocycles. The van der Waals surface area contributed by atoms with Crippen molar-refractivity contribution in [3.63, 3.8) is 0 Å². The van der Waals surface area contributed by atoms with Gasteiger partial charge in [-0.1, -0.05) is 0 Å². The van der Waals surface area contributed by atoms with Crippen molar-refractivity contribution in [1.82, 2.24) is 25.9 Å². The van der Waals surface area contributed by atoms with Crippen LogP contribution < -0.4 is 27.4 Å². The van der Waals surface area contributed by atoms with E-state index in [2.05, 4.69) is 25.9 Å². The Bertz CT molecular complexity index is 936. The Kier molecular flexibility index (Phi) is 12.0. The third kappa shape index (κ3) is 10.5. The number of rotatable bonds is 16. The molecule has 0 saturated heterocycles. The fourth-order valence-corrected chi connectivity index (χ4v) is 3.01. The summed E-state index contributed by atoms with van der Waals surface area (Å²) in [5.41, 5.74) is 11.5. The highest BCUT2D eigenvalue weighted by molar-refractivity contribution is 5.94. The first kappa shape index (κ1) is 30.0. The van der Waals surface area contributed by atoms with E-state index in [-0.39, 0.29) is 19.3 Å². The van der Waals surface area contributed by atoms with Crippen LogP contribution in [-0.4, -0.2) is 91.1 Å². The molecule has 11 N–H and O–H groups in total. The van der Waals surface area contributed by atoms with Crippen LogP contribution in [0.15, 0.2) is 12.5 Å². The predicted octanol–water partition coefficient (Wildman–Crippen LogP) is -3.67. The van der Waals surface area contributed by atoms with Crippen LogP contribution in [0.1, 0.15) is 38.3 Å². The van der Waals surface area contributed by atoms with Gasteiger partial charge in [-0.2, -0.15) is 0 Å². The Hall–Kier alpha value is -4.05. The summed E-state index contributed by atoms with van der Waals surface area (Å²) in [6, 6.07) is -5.75. The highest BCUT2D eigenvalue weighted by atomic mass is 16.4. The minimum Gasteiger partial charge on any atom is -0.481 e. The lowest BCUT2D eigenvalue weighted by atomic mass is 10.1. The molecular weight excluding hydrogens is 482 g/mol. The lowest BCUT2D eigenvalue weighted by Crippen LogP contribution is -2.60. The highest BCUT2D eigenvalue weighted by Crippen LogP contribution is 2.05. The van der Waals surface area contributed by atoms with Crippen LogP contribution in [0.4, 0.5) is 0 Å². The molecule has 0 fully saturated rings. The van der Waals surface area contributed by atoms with Crippen LogP contribution >= 0.6 is 0 Å². The Balaban J connectivity index is 2.94. The molecule has 200 valence electrons. The van der Waals surface area contributed by atoms with Crippen molar-refractivity contribution in [1.29, 1.82) is 0 Å². The first-order chi connectivity index (χ1) is 16.8. The third-order valence-electron chi connectivity index (χ3n) is 4.97. The first-order valence-electron chi connectivity index (χ1n) is 10.9. The summed E-state index contributed by atoms with van der Waals surface area (Å²) in [5, 5.41) is 34.7. The number of nitrogens with zero attached hydrogens (tertiary/aromatic N) is 1. The molecule has 16 heteroatoms. The number of carboxylic acids is 2. The molecule has 0 aliphatic carbocycles. The van der Waals surface area contributed by atoms with E-state index < -0.39 is 78.7 Å². The Labute approximate surface area is 205 Å². The molecule has 0 radical (unpaired) electrons. The van der Waals surface area contributed by atoms with E-state index in [4.69, 9.17) is 16.6 Å². The quantitative estimate of drug-likeness (QED) is 0.104. The van der Waals surface area contributed by atoms with Gasteiger partial charge in [0.1, 0.15) is 18.1 Å². The number of aromatic nitrogens is 2. The SMILES string of the molecule is CC(O)C(NC(=O)C(N)Cc1cnc[nH]1)C(=O)NC(CCC(N)=O)C(=O)NC(CCC(=O)O)C(=O)O. The van der Waals surface area contributed by atoms with Gasteiger partial charge in [0.15, 0.2) is 0 Å². The number of aliphatic carboxylic acids is 2. The summed E-state index contributed by atoms with van der Waals surface area (Å²) in [4.78, 5) is 77.9. The number of hydrogen-bond acceptors (Lipinski definition) is 9. The van der Waals surface area contributed by atoms with Gasteiger partial charge in [0.05, 0.1) is 18.5 Å². The van der Waals surface area contributed by atoms with Crippen LogP contribution in [0.3, 0.4) is 0 Å². The standard InChI is InChI=1S/C20H31N7O9/c1-9(28)16(27-17(32)11(21)6-10-7-23-8-24-10)19(34)25-12(2-4-14(22)29)18(33)26-13(20(35)36)3-5-15(30)31/h7-9,11-13,16,28H,2-6,21H2,1H3,(H2,22,29)(H,23,24)(H,25,34)(H,26,33)(H,27,32)(H,30,31)(H,35,36). The van der Waals surface area contributed by atoms with Crippen molar-refractivity contribution in [2.24, 2.45) is 11.5 Å². The van der Waals surface area contributed by atoms with Crippen molar-refractivity contribution in [3.05, 3.63) is 18.2 Å². The number of carbonyl (C=O) groups excluding carboxylic acids is 4. The fraction of sp³-hybridized carbons (Fsp3) is 0.550. The van der Waals surface area contributed by atoms with Crippen molar-refractivity contribution in [2.45, 2.75) is 69.3 Å². The smallest absolute Gasteiger partial charge is 0.326 e. The topological polar surface area (TPSA) is 280 Å². The average molecular weight is 514 g/mol. The number of hydrogen-bond donors (Lipinski definition) is 9. The van der Waals surface area contributed by atoms with Gasteiger partial charge in [-0.25, -0.2) is 9.78 Å². The van der Waals surface area contributed by atoms with Gasteiger partial charge in [0.25, 0.3) is 0 Å². The number of imidazole rings is 1. The van der Waals surface area contributed by atoms with Gasteiger partial charge in [0, 0.05) is 31.2 Å². The summed E-state index contributed by atoms with van der Waals surface area (Å²) < 4.78 is 0. The number of aliphatic hydroxyl groups is 1. The first-order valence-corrected chi connectivity index (χ1v) is 10.9. The van der Waals surface area contributed by atoms with Gasteiger partial charge in [-0.15, -0.1) is 0 Å². The molecular formula is C20H31N7O9. The maximum absolute atomic E-state index is 12.8. The second-order valence-electron chi connectivity index (χ2n) is 8.01. The predicted molar refractivity (Wildman–Crippen MR) is 121 cm³/mol. The number of amides is 4. The van der Waals surface area contributed by atoms with Crippen molar-refractivity contribution < 1.29 is 44.1 Å². The summed E-state index contributed by atoms with van der Waals surface area (Å²) in [7, 11) is 0. The average Bonchev–Trinajstić information content (AvgIpc) is 3.29. The highest BCUT2D eigenvalue weighted by Gasteiger charge is 2.32. The lowest BCUT2D eigenvalue weighted by molar-refractivity contribution is -0.143. The maximum Gasteiger partial charge on any atom is 0.326 e. The zero-order valence-electron chi connectivity index (χ0n) is 19.5. The normalized spacial score (nSPS) is 15.0. The monoisotopic (exact) mass is 513 g/mol. The number of carboxylic acid groups (broad SMARTS) is 2. The molecule has 1 aromatic rings. The minimum absolute atomic E-state index is 0.0521. The zero-order valence-corrected chi connectivity index (χ0v) is 19.5. The van der Waals surface area contributed by atoms with Crippen molar-refractivity contribution in [2.75, 3.05) is 0 Å². The molecule has 4 amide bonds. The van der Waals surface area contributed by atoms with Crippen LogP contribution in [0, 0.1) is 0 Å². The summed E-state index contributed by atoms with van der Waals surface area (Å²) in [5.74, 6) is -6.44. The summed E-state index contributed by atoms with van der Waals surface area (Å²) >= 11 is 0. The molecule has 1 rings (SSSR count). The van der Waals surface area contributed by atoms with Crippen molar-refractivity contribution >= 4 is 35.6 Å². The molecule has 1 aromatic heterocycles. The molecule has 0 spiro atoms. The van der Waals surface area contributed by atoms with Crippen molar-refractivity contribution in [3.8, 4) is 0 Å². The number of carbonyl (C=O) groups is 6. The Morgan fingerprint density at radius 1 is 0.972 bits per heavy atom. The molecule has 0 aliphatic rings. The zero-order chi connectivity index (χ0) is 27.4. The van der Waals surface area contributed by atoms with Gasteiger partial charge in [-0.3, -0.25) is 24.0 Å². The molecule has 1 heterocycles. The van der Waals surface area contributed by atoms with E-state index in [1.165, 1.54) is 19.4 Å².